The Hall–Kier alpha value is -0.770. The van der Waals surface area contributed by atoms with Crippen LogP contribution in [0.15, 0.2) is 4.99 Å². The van der Waals surface area contributed by atoms with Crippen LogP contribution in [0.3, 0.4) is 0 Å². The first kappa shape index (κ1) is 17.3. The number of rotatable bonds is 6. The molecular formula is C16H34N4. The highest BCUT2D eigenvalue weighted by molar-refractivity contribution is 5.80. The minimum absolute atomic E-state index is 0.446. The minimum atomic E-state index is 0.446. The van der Waals surface area contributed by atoms with Crippen LogP contribution < -0.4 is 10.6 Å². The first-order valence-corrected chi connectivity index (χ1v) is 8.33. The van der Waals surface area contributed by atoms with Crippen molar-refractivity contribution >= 4 is 5.96 Å². The molecule has 4 heteroatoms. The summed E-state index contributed by atoms with van der Waals surface area (Å²) < 4.78 is 0. The van der Waals surface area contributed by atoms with Crippen molar-refractivity contribution in [2.24, 2.45) is 10.9 Å². The van der Waals surface area contributed by atoms with E-state index in [9.17, 15) is 0 Å². The van der Waals surface area contributed by atoms with Gasteiger partial charge in [-0.2, -0.15) is 0 Å². The average Bonchev–Trinajstić information content (AvgIpc) is 2.41. The molecule has 0 bridgehead atoms. The van der Waals surface area contributed by atoms with Crippen LogP contribution in [0.5, 0.6) is 0 Å². The van der Waals surface area contributed by atoms with Crippen LogP contribution in [-0.4, -0.2) is 49.1 Å². The lowest BCUT2D eigenvalue weighted by Gasteiger charge is -2.32. The van der Waals surface area contributed by atoms with E-state index in [0.717, 1.165) is 31.6 Å². The van der Waals surface area contributed by atoms with Crippen molar-refractivity contribution in [2.75, 3.05) is 26.2 Å². The summed E-state index contributed by atoms with van der Waals surface area (Å²) in [4.78, 5) is 7.29. The Labute approximate surface area is 125 Å². The molecule has 0 aliphatic carbocycles. The highest BCUT2D eigenvalue weighted by atomic mass is 15.2. The summed E-state index contributed by atoms with van der Waals surface area (Å²) in [5, 5.41) is 6.82. The molecule has 1 saturated heterocycles. The molecule has 0 amide bonds. The third-order valence-electron chi connectivity index (χ3n) is 4.31. The second-order valence-corrected chi connectivity index (χ2v) is 6.32. The van der Waals surface area contributed by atoms with Crippen molar-refractivity contribution in [2.45, 2.75) is 66.0 Å². The summed E-state index contributed by atoms with van der Waals surface area (Å²) in [6.07, 6.45) is 4.07. The Morgan fingerprint density at radius 1 is 1.30 bits per heavy atom. The van der Waals surface area contributed by atoms with Gasteiger partial charge in [0.1, 0.15) is 0 Å². The molecule has 0 spiro atoms. The summed E-state index contributed by atoms with van der Waals surface area (Å²) >= 11 is 0. The number of likely N-dealkylation sites (tertiary alicyclic amines) is 1. The summed E-state index contributed by atoms with van der Waals surface area (Å²) in [7, 11) is 0. The van der Waals surface area contributed by atoms with Gasteiger partial charge in [-0.25, -0.2) is 0 Å². The molecule has 2 unspecified atom stereocenters. The Kier molecular flexibility index (Phi) is 7.97. The van der Waals surface area contributed by atoms with Gasteiger partial charge in [-0.05, 0) is 46.1 Å². The highest BCUT2D eigenvalue weighted by Crippen LogP contribution is 2.15. The summed E-state index contributed by atoms with van der Waals surface area (Å²) in [6.45, 7) is 15.2. The Balaban J connectivity index is 2.41. The molecule has 1 aliphatic rings. The average molecular weight is 282 g/mol. The van der Waals surface area contributed by atoms with E-state index in [1.165, 1.54) is 25.8 Å². The van der Waals surface area contributed by atoms with Gasteiger partial charge in [-0.1, -0.05) is 20.3 Å². The van der Waals surface area contributed by atoms with Gasteiger partial charge in [0.25, 0.3) is 0 Å². The molecule has 0 aromatic carbocycles. The standard InChI is InChI=1S/C16H34N4/c1-6-17-16(19-15(5)13(2)3)18-10-12-20-11-8-7-9-14(20)4/h13-15H,6-12H2,1-5H3,(H2,17,18,19). The number of nitrogens with zero attached hydrogens (tertiary/aromatic N) is 2. The van der Waals surface area contributed by atoms with Gasteiger partial charge in [0, 0.05) is 25.2 Å². The number of piperidine rings is 1. The lowest BCUT2D eigenvalue weighted by molar-refractivity contribution is 0.166. The van der Waals surface area contributed by atoms with Gasteiger partial charge in [-0.3, -0.25) is 9.89 Å². The van der Waals surface area contributed by atoms with Gasteiger partial charge in [0.15, 0.2) is 5.96 Å². The van der Waals surface area contributed by atoms with Gasteiger partial charge < -0.3 is 10.6 Å². The predicted molar refractivity (Wildman–Crippen MR) is 88.3 cm³/mol. The predicted octanol–water partition coefficient (Wildman–Crippen LogP) is 2.46. The zero-order valence-corrected chi connectivity index (χ0v) is 14.1. The molecule has 2 N–H and O–H groups in total. The Morgan fingerprint density at radius 3 is 2.65 bits per heavy atom. The summed E-state index contributed by atoms with van der Waals surface area (Å²) in [6, 6.07) is 1.17. The molecular weight excluding hydrogens is 248 g/mol. The zero-order valence-electron chi connectivity index (χ0n) is 14.1. The molecule has 118 valence electrons. The quantitative estimate of drug-likeness (QED) is 0.581. The lowest BCUT2D eigenvalue weighted by atomic mass is 10.0. The monoisotopic (exact) mass is 282 g/mol. The molecule has 1 aliphatic heterocycles. The number of guanidine groups is 1. The van der Waals surface area contributed by atoms with E-state index in [4.69, 9.17) is 4.99 Å². The summed E-state index contributed by atoms with van der Waals surface area (Å²) in [5.41, 5.74) is 0. The maximum absolute atomic E-state index is 4.72. The van der Waals surface area contributed by atoms with Crippen molar-refractivity contribution in [1.29, 1.82) is 0 Å². The Morgan fingerprint density at radius 2 is 2.05 bits per heavy atom. The smallest absolute Gasteiger partial charge is 0.191 e. The Bertz CT molecular complexity index is 288. The molecule has 2 atom stereocenters. The minimum Gasteiger partial charge on any atom is -0.357 e. The molecule has 1 heterocycles. The number of aliphatic imine (C=N–C) groups is 1. The SMILES string of the molecule is CCNC(=NCCN1CCCCC1C)NC(C)C(C)C. The number of nitrogens with one attached hydrogen (secondary N) is 2. The molecule has 0 radical (unpaired) electrons. The summed E-state index contributed by atoms with van der Waals surface area (Å²) in [5.74, 6) is 1.57. The van der Waals surface area contributed by atoms with Crippen LogP contribution in [-0.2, 0) is 0 Å². The number of hydrogen-bond acceptors (Lipinski definition) is 2. The van der Waals surface area contributed by atoms with Gasteiger partial charge in [0.05, 0.1) is 6.54 Å². The fraction of sp³-hybridized carbons (Fsp3) is 0.938. The first-order valence-electron chi connectivity index (χ1n) is 8.33. The number of hydrogen-bond donors (Lipinski definition) is 2. The van der Waals surface area contributed by atoms with Crippen LogP contribution >= 0.6 is 0 Å². The highest BCUT2D eigenvalue weighted by Gasteiger charge is 2.17. The second kappa shape index (κ2) is 9.22. The lowest BCUT2D eigenvalue weighted by Crippen LogP contribution is -2.45. The van der Waals surface area contributed by atoms with E-state index in [1.54, 1.807) is 0 Å². The zero-order chi connectivity index (χ0) is 15.0. The van der Waals surface area contributed by atoms with Crippen molar-refractivity contribution in [3.63, 3.8) is 0 Å². The van der Waals surface area contributed by atoms with E-state index in [0.29, 0.717) is 12.0 Å². The van der Waals surface area contributed by atoms with Crippen LogP contribution in [0.1, 0.15) is 53.9 Å². The fourth-order valence-electron chi connectivity index (χ4n) is 2.48. The van der Waals surface area contributed by atoms with Crippen LogP contribution in [0.25, 0.3) is 0 Å². The van der Waals surface area contributed by atoms with E-state index in [1.807, 2.05) is 0 Å². The van der Waals surface area contributed by atoms with E-state index in [2.05, 4.69) is 50.2 Å². The van der Waals surface area contributed by atoms with Crippen LogP contribution in [0.2, 0.25) is 0 Å². The third-order valence-corrected chi connectivity index (χ3v) is 4.31. The fourth-order valence-corrected chi connectivity index (χ4v) is 2.48. The molecule has 1 fully saturated rings. The normalized spacial score (nSPS) is 22.9. The largest absolute Gasteiger partial charge is 0.357 e. The molecule has 0 aromatic heterocycles. The van der Waals surface area contributed by atoms with Crippen molar-refractivity contribution in [1.82, 2.24) is 15.5 Å². The van der Waals surface area contributed by atoms with Crippen LogP contribution in [0.4, 0.5) is 0 Å². The molecule has 0 aromatic rings. The second-order valence-electron chi connectivity index (χ2n) is 6.32. The molecule has 0 saturated carbocycles. The maximum Gasteiger partial charge on any atom is 0.191 e. The van der Waals surface area contributed by atoms with Crippen molar-refractivity contribution < 1.29 is 0 Å². The topological polar surface area (TPSA) is 39.7 Å². The molecule has 4 nitrogen and oxygen atoms in total. The van der Waals surface area contributed by atoms with Gasteiger partial charge >= 0.3 is 0 Å². The van der Waals surface area contributed by atoms with Crippen LogP contribution in [0, 0.1) is 5.92 Å². The van der Waals surface area contributed by atoms with E-state index >= 15 is 0 Å². The van der Waals surface area contributed by atoms with Crippen molar-refractivity contribution in [3.8, 4) is 0 Å². The molecule has 20 heavy (non-hydrogen) atoms. The van der Waals surface area contributed by atoms with Gasteiger partial charge in [-0.15, -0.1) is 0 Å². The van der Waals surface area contributed by atoms with Crippen molar-refractivity contribution in [3.05, 3.63) is 0 Å². The third kappa shape index (κ3) is 6.12. The maximum atomic E-state index is 4.72. The van der Waals surface area contributed by atoms with Gasteiger partial charge in [0.2, 0.25) is 0 Å². The first-order chi connectivity index (χ1) is 9.54. The van der Waals surface area contributed by atoms with E-state index in [-0.39, 0.29) is 0 Å². The molecule has 1 rings (SSSR count). The van der Waals surface area contributed by atoms with E-state index < -0.39 is 0 Å².